The van der Waals surface area contributed by atoms with Crippen LogP contribution in [0.15, 0.2) is 73.3 Å². The standard InChI is InChI=1S/C28H24O5S/c1-5-33-28(30)19-12-10-18(11-13-19)27(29)17(2)21-15-22(24(32-4)16-23(21)31-3)26-14-20-8-6-7-9-25(20)34-26/h6-16H,2,5H2,1,3-4H3. The van der Waals surface area contributed by atoms with E-state index in [1.807, 2.05) is 18.2 Å². The largest absolute Gasteiger partial charge is 0.496 e. The summed E-state index contributed by atoms with van der Waals surface area (Å²) >= 11 is 1.65. The lowest BCUT2D eigenvalue weighted by Crippen LogP contribution is -2.07. The number of benzene rings is 3. The van der Waals surface area contributed by atoms with Crippen molar-refractivity contribution in [3.05, 3.63) is 90.0 Å². The highest BCUT2D eigenvalue weighted by Crippen LogP contribution is 2.43. The molecule has 34 heavy (non-hydrogen) atoms. The lowest BCUT2D eigenvalue weighted by molar-refractivity contribution is 0.0526. The number of hydrogen-bond donors (Lipinski definition) is 0. The van der Waals surface area contributed by atoms with Gasteiger partial charge in [-0.05, 0) is 42.6 Å². The van der Waals surface area contributed by atoms with Gasteiger partial charge in [0.05, 0.1) is 26.4 Å². The normalized spacial score (nSPS) is 10.7. The number of thiophene rings is 1. The van der Waals surface area contributed by atoms with E-state index in [0.29, 0.717) is 28.2 Å². The molecule has 0 saturated carbocycles. The molecule has 5 nitrogen and oxygen atoms in total. The van der Waals surface area contributed by atoms with E-state index >= 15 is 0 Å². The number of fused-ring (bicyclic) bond motifs is 1. The predicted molar refractivity (Wildman–Crippen MR) is 136 cm³/mol. The molecule has 3 aromatic carbocycles. The minimum absolute atomic E-state index is 0.263. The van der Waals surface area contributed by atoms with Crippen molar-refractivity contribution in [3.63, 3.8) is 0 Å². The average molecular weight is 473 g/mol. The van der Waals surface area contributed by atoms with Crippen LogP contribution in [0.5, 0.6) is 11.5 Å². The van der Waals surface area contributed by atoms with Gasteiger partial charge in [0.2, 0.25) is 0 Å². The van der Waals surface area contributed by atoms with Crippen molar-refractivity contribution in [2.45, 2.75) is 6.92 Å². The number of esters is 1. The molecule has 1 heterocycles. The number of Topliss-reactive ketones (excluding diaryl/α,β-unsaturated/α-hetero) is 1. The third-order valence-electron chi connectivity index (χ3n) is 5.47. The second-order valence-corrected chi connectivity index (χ2v) is 8.59. The molecule has 0 unspecified atom stereocenters. The Morgan fingerprint density at radius 3 is 2.21 bits per heavy atom. The molecule has 0 aliphatic carbocycles. The Balaban J connectivity index is 1.72. The highest BCUT2D eigenvalue weighted by Gasteiger charge is 2.21. The number of methoxy groups -OCH3 is 2. The van der Waals surface area contributed by atoms with Crippen molar-refractivity contribution >= 4 is 38.7 Å². The topological polar surface area (TPSA) is 61.8 Å². The van der Waals surface area contributed by atoms with Gasteiger partial charge in [0, 0.05) is 37.9 Å². The van der Waals surface area contributed by atoms with E-state index in [-0.39, 0.29) is 18.0 Å². The summed E-state index contributed by atoms with van der Waals surface area (Å²) in [6.45, 7) is 6.10. The van der Waals surface area contributed by atoms with Crippen molar-refractivity contribution in [2.24, 2.45) is 0 Å². The monoisotopic (exact) mass is 472 g/mol. The third-order valence-corrected chi connectivity index (χ3v) is 6.62. The van der Waals surface area contributed by atoms with Crippen LogP contribution in [-0.4, -0.2) is 32.6 Å². The smallest absolute Gasteiger partial charge is 0.338 e. The fraction of sp³-hybridized carbons (Fsp3) is 0.143. The lowest BCUT2D eigenvalue weighted by atomic mass is 9.94. The molecule has 0 N–H and O–H groups in total. The Morgan fingerprint density at radius 1 is 0.882 bits per heavy atom. The predicted octanol–water partition coefficient (Wildman–Crippen LogP) is 6.66. The zero-order chi connectivity index (χ0) is 24.2. The van der Waals surface area contributed by atoms with E-state index in [9.17, 15) is 9.59 Å². The van der Waals surface area contributed by atoms with E-state index < -0.39 is 5.97 Å². The van der Waals surface area contributed by atoms with E-state index in [0.717, 1.165) is 20.5 Å². The Hall–Kier alpha value is -3.90. The summed E-state index contributed by atoms with van der Waals surface area (Å²) < 4.78 is 17.4. The molecule has 0 bridgehead atoms. The first kappa shape index (κ1) is 23.3. The number of hydrogen-bond acceptors (Lipinski definition) is 6. The molecule has 0 aliphatic heterocycles. The van der Waals surface area contributed by atoms with Crippen molar-refractivity contribution in [1.29, 1.82) is 0 Å². The Morgan fingerprint density at radius 2 is 1.56 bits per heavy atom. The molecular weight excluding hydrogens is 448 g/mol. The molecule has 0 saturated heterocycles. The van der Waals surface area contributed by atoms with Crippen LogP contribution in [-0.2, 0) is 4.74 Å². The number of ether oxygens (including phenoxy) is 3. The van der Waals surface area contributed by atoms with Crippen LogP contribution in [0.3, 0.4) is 0 Å². The van der Waals surface area contributed by atoms with Gasteiger partial charge in [0.25, 0.3) is 0 Å². The van der Waals surface area contributed by atoms with Gasteiger partial charge in [-0.1, -0.05) is 36.9 Å². The van der Waals surface area contributed by atoms with Crippen molar-refractivity contribution < 1.29 is 23.8 Å². The summed E-state index contributed by atoms with van der Waals surface area (Å²) in [6, 6.07) is 20.3. The molecule has 6 heteroatoms. The van der Waals surface area contributed by atoms with Crippen molar-refractivity contribution in [2.75, 3.05) is 20.8 Å². The summed E-state index contributed by atoms with van der Waals surface area (Å²) in [6.07, 6.45) is 0. The number of carbonyl (C=O) groups excluding carboxylic acids is 2. The van der Waals surface area contributed by atoms with Gasteiger partial charge in [0.15, 0.2) is 5.78 Å². The first-order chi connectivity index (χ1) is 16.5. The van der Waals surface area contributed by atoms with Gasteiger partial charge >= 0.3 is 5.97 Å². The first-order valence-corrected chi connectivity index (χ1v) is 11.5. The molecule has 4 aromatic rings. The third kappa shape index (κ3) is 4.45. The van der Waals surface area contributed by atoms with Crippen LogP contribution in [0.2, 0.25) is 0 Å². The second-order valence-electron chi connectivity index (χ2n) is 7.51. The Bertz CT molecular complexity index is 1350. The average Bonchev–Trinajstić information content (AvgIpc) is 3.31. The highest BCUT2D eigenvalue weighted by molar-refractivity contribution is 7.22. The second kappa shape index (κ2) is 9.93. The zero-order valence-corrected chi connectivity index (χ0v) is 20.0. The number of allylic oxidation sites excluding steroid dienone is 1. The zero-order valence-electron chi connectivity index (χ0n) is 19.2. The van der Waals surface area contributed by atoms with Gasteiger partial charge in [-0.15, -0.1) is 11.3 Å². The van der Waals surface area contributed by atoms with Crippen molar-refractivity contribution in [1.82, 2.24) is 0 Å². The molecule has 0 atom stereocenters. The van der Waals surface area contributed by atoms with Gasteiger partial charge in [-0.2, -0.15) is 0 Å². The minimum Gasteiger partial charge on any atom is -0.496 e. The SMILES string of the molecule is C=C(C(=O)c1ccc(C(=O)OCC)cc1)c1cc(-c2cc3ccccc3s2)c(OC)cc1OC. The quantitative estimate of drug-likeness (QED) is 0.163. The number of carbonyl (C=O) groups is 2. The maximum atomic E-state index is 13.3. The maximum absolute atomic E-state index is 13.3. The molecule has 0 aliphatic rings. The van der Waals surface area contributed by atoms with Crippen LogP contribution >= 0.6 is 11.3 Å². The Labute approximate surface area is 202 Å². The summed E-state index contributed by atoms with van der Waals surface area (Å²) in [5, 5.41) is 1.14. The highest BCUT2D eigenvalue weighted by atomic mass is 32.1. The molecule has 4 rings (SSSR count). The van der Waals surface area contributed by atoms with Crippen LogP contribution in [0.25, 0.3) is 26.1 Å². The number of ketones is 1. The summed E-state index contributed by atoms with van der Waals surface area (Å²) in [5.74, 6) is 0.445. The minimum atomic E-state index is -0.426. The molecule has 0 radical (unpaired) electrons. The van der Waals surface area contributed by atoms with E-state index in [1.165, 1.54) is 0 Å². The van der Waals surface area contributed by atoms with E-state index in [4.69, 9.17) is 14.2 Å². The lowest BCUT2D eigenvalue weighted by Gasteiger charge is -2.15. The van der Waals surface area contributed by atoms with Crippen LogP contribution in [0.4, 0.5) is 0 Å². The van der Waals surface area contributed by atoms with Gasteiger partial charge in [0.1, 0.15) is 11.5 Å². The molecule has 1 aromatic heterocycles. The Kier molecular flexibility index (Phi) is 6.80. The molecule has 0 spiro atoms. The summed E-state index contributed by atoms with van der Waals surface area (Å²) in [4.78, 5) is 26.2. The molecule has 172 valence electrons. The summed E-state index contributed by atoms with van der Waals surface area (Å²) in [7, 11) is 3.15. The van der Waals surface area contributed by atoms with Gasteiger partial charge < -0.3 is 14.2 Å². The van der Waals surface area contributed by atoms with Crippen LogP contribution in [0.1, 0.15) is 33.2 Å². The van der Waals surface area contributed by atoms with Crippen LogP contribution in [0, 0.1) is 0 Å². The fourth-order valence-electron chi connectivity index (χ4n) is 3.71. The first-order valence-electron chi connectivity index (χ1n) is 10.7. The van der Waals surface area contributed by atoms with Gasteiger partial charge in [-0.3, -0.25) is 4.79 Å². The fourth-order valence-corrected chi connectivity index (χ4v) is 4.79. The molecule has 0 fully saturated rings. The van der Waals surface area contributed by atoms with E-state index in [1.54, 1.807) is 62.8 Å². The summed E-state index contributed by atoms with van der Waals surface area (Å²) in [5.41, 5.74) is 2.52. The molecule has 0 amide bonds. The van der Waals surface area contributed by atoms with Crippen molar-refractivity contribution in [3.8, 4) is 21.9 Å². The van der Waals surface area contributed by atoms with E-state index in [2.05, 4.69) is 24.8 Å². The maximum Gasteiger partial charge on any atom is 0.338 e. The number of rotatable bonds is 8. The molecular formula is C28H24O5S. The van der Waals surface area contributed by atoms with Crippen LogP contribution < -0.4 is 9.47 Å². The van der Waals surface area contributed by atoms with Gasteiger partial charge in [-0.25, -0.2) is 4.79 Å².